The highest BCUT2D eigenvalue weighted by molar-refractivity contribution is 7.99. The van der Waals surface area contributed by atoms with Crippen LogP contribution in [-0.4, -0.2) is 26.4 Å². The van der Waals surface area contributed by atoms with E-state index in [4.69, 9.17) is 11.6 Å². The first-order chi connectivity index (χ1) is 15.0. The molecule has 0 saturated heterocycles. The van der Waals surface area contributed by atoms with Crippen molar-refractivity contribution < 1.29 is 9.18 Å². The van der Waals surface area contributed by atoms with E-state index in [1.54, 1.807) is 18.2 Å². The molecule has 0 fully saturated rings. The molecule has 0 unspecified atom stereocenters. The van der Waals surface area contributed by atoms with Gasteiger partial charge in [-0.25, -0.2) is 4.39 Å². The van der Waals surface area contributed by atoms with Gasteiger partial charge in [0.1, 0.15) is 5.82 Å². The van der Waals surface area contributed by atoms with Crippen LogP contribution in [0.5, 0.6) is 0 Å². The molecule has 0 spiro atoms. The maximum absolute atomic E-state index is 13.3. The molecule has 1 amide bonds. The average molecular weight is 453 g/mol. The summed E-state index contributed by atoms with van der Waals surface area (Å²) in [7, 11) is 0. The minimum absolute atomic E-state index is 0.0933. The Balaban J connectivity index is 1.61. The van der Waals surface area contributed by atoms with Gasteiger partial charge in [0.2, 0.25) is 5.91 Å². The fraction of sp³-hybridized carbons (Fsp3) is 0.0870. The van der Waals surface area contributed by atoms with Gasteiger partial charge in [0.15, 0.2) is 11.0 Å². The Morgan fingerprint density at radius 2 is 1.84 bits per heavy atom. The van der Waals surface area contributed by atoms with E-state index < -0.39 is 5.82 Å². The van der Waals surface area contributed by atoms with Crippen LogP contribution in [-0.2, 0) is 4.79 Å². The van der Waals surface area contributed by atoms with Gasteiger partial charge >= 0.3 is 0 Å². The van der Waals surface area contributed by atoms with Crippen LogP contribution in [0.1, 0.15) is 5.56 Å². The van der Waals surface area contributed by atoms with Gasteiger partial charge in [0.05, 0.1) is 5.75 Å². The zero-order chi connectivity index (χ0) is 21.8. The highest BCUT2D eigenvalue weighted by atomic mass is 35.5. The van der Waals surface area contributed by atoms with Gasteiger partial charge in [-0.1, -0.05) is 59.3 Å². The zero-order valence-corrected chi connectivity index (χ0v) is 18.1. The van der Waals surface area contributed by atoms with E-state index >= 15 is 0 Å². The van der Waals surface area contributed by atoms with Crippen molar-refractivity contribution in [1.82, 2.24) is 14.8 Å². The van der Waals surface area contributed by atoms with Crippen LogP contribution in [0.4, 0.5) is 10.1 Å². The molecular formula is C23H18ClFN4OS. The van der Waals surface area contributed by atoms with Crippen LogP contribution < -0.4 is 5.32 Å². The topological polar surface area (TPSA) is 59.8 Å². The SMILES string of the molecule is Cc1ccc(-n2c(SCC(=O)Nc3cccc(F)c3)nnc2-c2cccc(Cl)c2)cc1. The Bertz CT molecular complexity index is 1230. The number of anilines is 1. The number of hydrogen-bond donors (Lipinski definition) is 1. The summed E-state index contributed by atoms with van der Waals surface area (Å²) in [5.74, 6) is 0.0456. The smallest absolute Gasteiger partial charge is 0.234 e. The number of thioether (sulfide) groups is 1. The summed E-state index contributed by atoms with van der Waals surface area (Å²) in [5.41, 5.74) is 3.23. The van der Waals surface area contributed by atoms with Crippen molar-refractivity contribution in [1.29, 1.82) is 0 Å². The summed E-state index contributed by atoms with van der Waals surface area (Å²) < 4.78 is 15.2. The molecule has 5 nitrogen and oxygen atoms in total. The average Bonchev–Trinajstić information content (AvgIpc) is 3.17. The number of hydrogen-bond acceptors (Lipinski definition) is 4. The molecule has 0 bridgehead atoms. The monoisotopic (exact) mass is 452 g/mol. The lowest BCUT2D eigenvalue weighted by molar-refractivity contribution is -0.113. The van der Waals surface area contributed by atoms with E-state index in [0.29, 0.717) is 21.7 Å². The van der Waals surface area contributed by atoms with Gasteiger partial charge in [-0.2, -0.15) is 0 Å². The second kappa shape index (κ2) is 9.32. The normalized spacial score (nSPS) is 10.8. The molecule has 0 aliphatic rings. The standard InChI is InChI=1S/C23H18ClFN4OS/c1-15-8-10-20(11-9-15)29-22(16-4-2-5-17(24)12-16)27-28-23(29)31-14-21(30)26-19-7-3-6-18(25)13-19/h2-13H,14H2,1H3,(H,26,30). The van der Waals surface area contributed by atoms with Gasteiger partial charge in [-0.15, -0.1) is 10.2 Å². The molecule has 0 aliphatic carbocycles. The number of halogens is 2. The Kier molecular flexibility index (Phi) is 6.34. The molecule has 4 rings (SSSR count). The molecule has 8 heteroatoms. The Morgan fingerprint density at radius 1 is 1.06 bits per heavy atom. The van der Waals surface area contributed by atoms with Gasteiger partial charge < -0.3 is 5.32 Å². The molecule has 1 N–H and O–H groups in total. The fourth-order valence-electron chi connectivity index (χ4n) is 3.00. The molecule has 156 valence electrons. The third kappa shape index (κ3) is 5.13. The number of nitrogens with one attached hydrogen (secondary N) is 1. The summed E-state index contributed by atoms with van der Waals surface area (Å²) in [6, 6.07) is 21.1. The first kappa shape index (κ1) is 21.1. The van der Waals surface area contributed by atoms with Crippen LogP contribution in [0, 0.1) is 12.7 Å². The van der Waals surface area contributed by atoms with E-state index in [9.17, 15) is 9.18 Å². The molecule has 0 aliphatic heterocycles. The second-order valence-corrected chi connectivity index (χ2v) is 8.21. The minimum Gasteiger partial charge on any atom is -0.325 e. The zero-order valence-electron chi connectivity index (χ0n) is 16.5. The predicted molar refractivity (Wildman–Crippen MR) is 122 cm³/mol. The quantitative estimate of drug-likeness (QED) is 0.377. The summed E-state index contributed by atoms with van der Waals surface area (Å²) in [4.78, 5) is 12.4. The highest BCUT2D eigenvalue weighted by Gasteiger charge is 2.17. The maximum Gasteiger partial charge on any atom is 0.234 e. The molecule has 0 saturated carbocycles. The van der Waals surface area contributed by atoms with Gasteiger partial charge in [0.25, 0.3) is 0 Å². The van der Waals surface area contributed by atoms with Crippen molar-refractivity contribution in [2.45, 2.75) is 12.1 Å². The van der Waals surface area contributed by atoms with Crippen LogP contribution >= 0.6 is 23.4 Å². The predicted octanol–water partition coefficient (Wildman–Crippen LogP) is 5.77. The number of aryl methyl sites for hydroxylation is 1. The molecule has 0 atom stereocenters. The Morgan fingerprint density at radius 3 is 2.58 bits per heavy atom. The largest absolute Gasteiger partial charge is 0.325 e. The van der Waals surface area contributed by atoms with E-state index in [0.717, 1.165) is 16.8 Å². The molecule has 4 aromatic rings. The lowest BCUT2D eigenvalue weighted by Crippen LogP contribution is -2.14. The number of amides is 1. The molecular weight excluding hydrogens is 435 g/mol. The Labute approximate surface area is 188 Å². The van der Waals surface area contributed by atoms with Gasteiger partial charge in [0, 0.05) is 22.0 Å². The summed E-state index contributed by atoms with van der Waals surface area (Å²) in [6.45, 7) is 2.01. The summed E-state index contributed by atoms with van der Waals surface area (Å²) >= 11 is 7.42. The highest BCUT2D eigenvalue weighted by Crippen LogP contribution is 2.29. The van der Waals surface area contributed by atoms with Crippen LogP contribution in [0.3, 0.4) is 0 Å². The molecule has 3 aromatic carbocycles. The number of benzene rings is 3. The van der Waals surface area contributed by atoms with E-state index in [1.165, 1.54) is 23.9 Å². The Hall–Kier alpha value is -3.16. The number of rotatable bonds is 6. The third-order valence-electron chi connectivity index (χ3n) is 4.45. The molecule has 1 aromatic heterocycles. The van der Waals surface area contributed by atoms with E-state index in [1.807, 2.05) is 54.0 Å². The van der Waals surface area contributed by atoms with Crippen molar-refractivity contribution >= 4 is 35.0 Å². The molecule has 31 heavy (non-hydrogen) atoms. The van der Waals surface area contributed by atoms with Gasteiger partial charge in [-0.05, 0) is 49.4 Å². The minimum atomic E-state index is -0.407. The molecule has 0 radical (unpaired) electrons. The number of aromatic nitrogens is 3. The lowest BCUT2D eigenvalue weighted by atomic mass is 10.2. The van der Waals surface area contributed by atoms with E-state index in [2.05, 4.69) is 15.5 Å². The number of carbonyl (C=O) groups excluding carboxylic acids is 1. The lowest BCUT2D eigenvalue weighted by Gasteiger charge is -2.11. The van der Waals surface area contributed by atoms with Crippen molar-refractivity contribution in [2.24, 2.45) is 0 Å². The van der Waals surface area contributed by atoms with Crippen LogP contribution in [0.25, 0.3) is 17.1 Å². The number of nitrogens with zero attached hydrogens (tertiary/aromatic N) is 3. The van der Waals surface area contributed by atoms with Crippen molar-refractivity contribution in [2.75, 3.05) is 11.1 Å². The van der Waals surface area contributed by atoms with Crippen molar-refractivity contribution in [3.63, 3.8) is 0 Å². The number of carbonyl (C=O) groups is 1. The second-order valence-electron chi connectivity index (χ2n) is 6.83. The summed E-state index contributed by atoms with van der Waals surface area (Å²) in [6.07, 6.45) is 0. The van der Waals surface area contributed by atoms with Crippen LogP contribution in [0.15, 0.2) is 78.0 Å². The van der Waals surface area contributed by atoms with Gasteiger partial charge in [-0.3, -0.25) is 9.36 Å². The molecule has 1 heterocycles. The van der Waals surface area contributed by atoms with E-state index in [-0.39, 0.29) is 11.7 Å². The fourth-order valence-corrected chi connectivity index (χ4v) is 3.94. The van der Waals surface area contributed by atoms with Crippen LogP contribution in [0.2, 0.25) is 5.02 Å². The summed E-state index contributed by atoms with van der Waals surface area (Å²) in [5, 5.41) is 12.5. The van der Waals surface area contributed by atoms with Crippen molar-refractivity contribution in [3.8, 4) is 17.1 Å². The first-order valence-corrected chi connectivity index (χ1v) is 10.8. The third-order valence-corrected chi connectivity index (χ3v) is 5.61. The van der Waals surface area contributed by atoms with Crippen molar-refractivity contribution in [3.05, 3.63) is 89.2 Å². The maximum atomic E-state index is 13.3. The first-order valence-electron chi connectivity index (χ1n) is 9.46.